The molecule has 2 aromatic carbocycles. The SMILES string of the molecule is Cc1cccc(-n2nnnc2-c2cc(N)c(Cl)c(Cl)c2)c1. The zero-order valence-corrected chi connectivity index (χ0v) is 12.6. The van der Waals surface area contributed by atoms with E-state index in [1.54, 1.807) is 16.8 Å². The van der Waals surface area contributed by atoms with E-state index in [2.05, 4.69) is 15.5 Å². The van der Waals surface area contributed by atoms with Crippen molar-refractivity contribution < 1.29 is 0 Å². The Labute approximate surface area is 131 Å². The number of nitrogens with two attached hydrogens (primary N) is 1. The highest BCUT2D eigenvalue weighted by atomic mass is 35.5. The van der Waals surface area contributed by atoms with Crippen LogP contribution in [-0.2, 0) is 0 Å². The first-order valence-electron chi connectivity index (χ1n) is 6.16. The zero-order valence-electron chi connectivity index (χ0n) is 11.1. The Morgan fingerprint density at radius 1 is 1.14 bits per heavy atom. The fourth-order valence-electron chi connectivity index (χ4n) is 2.04. The van der Waals surface area contributed by atoms with Crippen LogP contribution in [0.5, 0.6) is 0 Å². The summed E-state index contributed by atoms with van der Waals surface area (Å²) in [4.78, 5) is 0. The quantitative estimate of drug-likeness (QED) is 0.733. The largest absolute Gasteiger partial charge is 0.397 e. The van der Waals surface area contributed by atoms with E-state index >= 15 is 0 Å². The molecule has 0 aliphatic carbocycles. The lowest BCUT2D eigenvalue weighted by atomic mass is 10.1. The fraction of sp³-hybridized carbons (Fsp3) is 0.0714. The van der Waals surface area contributed by atoms with Gasteiger partial charge in [0.15, 0.2) is 5.82 Å². The summed E-state index contributed by atoms with van der Waals surface area (Å²) >= 11 is 12.0. The smallest absolute Gasteiger partial charge is 0.187 e. The molecule has 2 N–H and O–H groups in total. The van der Waals surface area contributed by atoms with Crippen molar-refractivity contribution in [2.24, 2.45) is 0 Å². The molecule has 0 amide bonds. The van der Waals surface area contributed by atoms with Crippen LogP contribution < -0.4 is 5.73 Å². The van der Waals surface area contributed by atoms with Crippen molar-refractivity contribution in [3.8, 4) is 17.1 Å². The molecule has 0 saturated heterocycles. The third-order valence-electron chi connectivity index (χ3n) is 3.03. The molecule has 3 rings (SSSR count). The van der Waals surface area contributed by atoms with Gasteiger partial charge in [-0.05, 0) is 47.2 Å². The monoisotopic (exact) mass is 319 g/mol. The number of tetrazole rings is 1. The first kappa shape index (κ1) is 13.9. The van der Waals surface area contributed by atoms with Crippen molar-refractivity contribution in [3.05, 3.63) is 52.0 Å². The van der Waals surface area contributed by atoms with Gasteiger partial charge in [0.2, 0.25) is 0 Å². The van der Waals surface area contributed by atoms with Crippen LogP contribution in [0.4, 0.5) is 5.69 Å². The number of aryl methyl sites for hydroxylation is 1. The Kier molecular flexibility index (Phi) is 3.53. The summed E-state index contributed by atoms with van der Waals surface area (Å²) < 4.78 is 1.63. The van der Waals surface area contributed by atoms with Gasteiger partial charge < -0.3 is 5.73 Å². The number of hydrogen-bond donors (Lipinski definition) is 1. The lowest BCUT2D eigenvalue weighted by molar-refractivity contribution is 0.790. The van der Waals surface area contributed by atoms with Gasteiger partial charge in [-0.15, -0.1) is 5.10 Å². The number of halogens is 2. The van der Waals surface area contributed by atoms with Gasteiger partial charge in [0, 0.05) is 5.56 Å². The molecular weight excluding hydrogens is 309 g/mol. The van der Waals surface area contributed by atoms with E-state index in [0.29, 0.717) is 27.1 Å². The second-order valence-electron chi connectivity index (χ2n) is 4.61. The number of rotatable bonds is 2. The van der Waals surface area contributed by atoms with Crippen LogP contribution in [0, 0.1) is 6.92 Å². The molecule has 0 aliphatic rings. The predicted octanol–water partition coefficient (Wildman–Crippen LogP) is 3.53. The molecule has 1 heterocycles. The summed E-state index contributed by atoms with van der Waals surface area (Å²) in [6, 6.07) is 11.3. The van der Waals surface area contributed by atoms with Crippen LogP contribution in [0.15, 0.2) is 36.4 Å². The molecule has 0 radical (unpaired) electrons. The van der Waals surface area contributed by atoms with Gasteiger partial charge in [0.25, 0.3) is 0 Å². The minimum atomic E-state index is 0.329. The third kappa shape index (κ3) is 2.57. The van der Waals surface area contributed by atoms with E-state index in [9.17, 15) is 0 Å². The fourth-order valence-corrected chi connectivity index (χ4v) is 2.38. The molecule has 0 bridgehead atoms. The van der Waals surface area contributed by atoms with Crippen molar-refractivity contribution in [2.75, 3.05) is 5.73 Å². The molecular formula is C14H11Cl2N5. The Morgan fingerprint density at radius 2 is 1.95 bits per heavy atom. The highest BCUT2D eigenvalue weighted by Gasteiger charge is 2.14. The van der Waals surface area contributed by atoms with Gasteiger partial charge in [-0.3, -0.25) is 0 Å². The number of benzene rings is 2. The van der Waals surface area contributed by atoms with E-state index < -0.39 is 0 Å². The van der Waals surface area contributed by atoms with E-state index in [1.807, 2.05) is 31.2 Å². The van der Waals surface area contributed by atoms with Crippen LogP contribution in [0.3, 0.4) is 0 Å². The van der Waals surface area contributed by atoms with Crippen molar-refractivity contribution in [2.45, 2.75) is 6.92 Å². The molecule has 0 spiro atoms. The summed E-state index contributed by atoms with van der Waals surface area (Å²) in [5.41, 5.74) is 8.91. The van der Waals surface area contributed by atoms with E-state index in [4.69, 9.17) is 28.9 Å². The normalized spacial score (nSPS) is 10.8. The number of nitrogens with zero attached hydrogens (tertiary/aromatic N) is 4. The van der Waals surface area contributed by atoms with Gasteiger partial charge in [-0.2, -0.15) is 4.68 Å². The Bertz CT molecular complexity index is 790. The lowest BCUT2D eigenvalue weighted by Crippen LogP contribution is -2.00. The molecule has 0 fully saturated rings. The van der Waals surface area contributed by atoms with Crippen molar-refractivity contribution in [3.63, 3.8) is 0 Å². The van der Waals surface area contributed by atoms with Gasteiger partial charge in [0.05, 0.1) is 21.4 Å². The van der Waals surface area contributed by atoms with E-state index in [-0.39, 0.29) is 0 Å². The molecule has 0 unspecified atom stereocenters. The average molecular weight is 320 g/mol. The van der Waals surface area contributed by atoms with Crippen molar-refractivity contribution in [1.29, 1.82) is 0 Å². The Balaban J connectivity index is 2.16. The van der Waals surface area contributed by atoms with Gasteiger partial charge >= 0.3 is 0 Å². The minimum Gasteiger partial charge on any atom is -0.397 e. The minimum absolute atomic E-state index is 0.329. The maximum Gasteiger partial charge on any atom is 0.187 e. The highest BCUT2D eigenvalue weighted by molar-refractivity contribution is 6.43. The average Bonchev–Trinajstić information content (AvgIpc) is 2.93. The Hall–Kier alpha value is -2.11. The number of nitrogen functional groups attached to an aromatic ring is 1. The summed E-state index contributed by atoms with van der Waals surface area (Å²) in [5.74, 6) is 0.547. The predicted molar refractivity (Wildman–Crippen MR) is 83.8 cm³/mol. The van der Waals surface area contributed by atoms with Crippen LogP contribution in [0.1, 0.15) is 5.56 Å². The first-order valence-corrected chi connectivity index (χ1v) is 6.92. The molecule has 5 nitrogen and oxygen atoms in total. The molecule has 0 aliphatic heterocycles. The van der Waals surface area contributed by atoms with Gasteiger partial charge in [0.1, 0.15) is 0 Å². The van der Waals surface area contributed by atoms with Crippen molar-refractivity contribution >= 4 is 28.9 Å². The zero-order chi connectivity index (χ0) is 15.0. The van der Waals surface area contributed by atoms with Crippen LogP contribution >= 0.6 is 23.2 Å². The number of hydrogen-bond acceptors (Lipinski definition) is 4. The topological polar surface area (TPSA) is 69.6 Å². The highest BCUT2D eigenvalue weighted by Crippen LogP contribution is 2.33. The first-order chi connectivity index (χ1) is 10.1. The molecule has 0 atom stereocenters. The van der Waals surface area contributed by atoms with Crippen LogP contribution in [-0.4, -0.2) is 20.2 Å². The maximum absolute atomic E-state index is 6.07. The summed E-state index contributed by atoms with van der Waals surface area (Å²) in [5, 5.41) is 12.5. The summed E-state index contributed by atoms with van der Waals surface area (Å²) in [6.45, 7) is 2.00. The van der Waals surface area contributed by atoms with Crippen LogP contribution in [0.25, 0.3) is 17.1 Å². The molecule has 21 heavy (non-hydrogen) atoms. The molecule has 0 saturated carbocycles. The number of anilines is 1. The maximum atomic E-state index is 6.07. The third-order valence-corrected chi connectivity index (χ3v) is 3.85. The van der Waals surface area contributed by atoms with E-state index in [0.717, 1.165) is 11.3 Å². The standard InChI is InChI=1S/C14H11Cl2N5/c1-8-3-2-4-10(5-8)21-14(18-19-20-21)9-6-11(15)13(16)12(17)7-9/h2-7H,17H2,1H3. The molecule has 1 aromatic heterocycles. The number of aromatic nitrogens is 4. The summed E-state index contributed by atoms with van der Waals surface area (Å²) in [7, 11) is 0. The second kappa shape index (κ2) is 5.35. The van der Waals surface area contributed by atoms with Gasteiger partial charge in [-0.25, -0.2) is 0 Å². The molecule has 3 aromatic rings. The van der Waals surface area contributed by atoms with Gasteiger partial charge in [-0.1, -0.05) is 35.3 Å². The lowest BCUT2D eigenvalue weighted by Gasteiger charge is -2.08. The molecule has 106 valence electrons. The van der Waals surface area contributed by atoms with Crippen LogP contribution in [0.2, 0.25) is 10.0 Å². The Morgan fingerprint density at radius 3 is 2.67 bits per heavy atom. The second-order valence-corrected chi connectivity index (χ2v) is 5.40. The summed E-state index contributed by atoms with van der Waals surface area (Å²) in [6.07, 6.45) is 0. The molecule has 7 heteroatoms. The van der Waals surface area contributed by atoms with Crippen molar-refractivity contribution in [1.82, 2.24) is 20.2 Å². The van der Waals surface area contributed by atoms with E-state index in [1.165, 1.54) is 0 Å².